The molecule has 0 unspecified atom stereocenters. The molecular formula is C13H22N2O3. The predicted molar refractivity (Wildman–Crippen MR) is 69.6 cm³/mol. The van der Waals surface area contributed by atoms with Crippen molar-refractivity contribution in [3.8, 4) is 5.75 Å². The lowest BCUT2D eigenvalue weighted by molar-refractivity contribution is 0.0644. The smallest absolute Gasteiger partial charge is 0.137 e. The molecule has 5 heteroatoms. The Hall–Kier alpha value is -1.17. The fraction of sp³-hybridized carbons (Fsp3) is 0.615. The van der Waals surface area contributed by atoms with Crippen LogP contribution < -0.4 is 10.5 Å². The summed E-state index contributed by atoms with van der Waals surface area (Å²) in [5.74, 6) is 0.760. The highest BCUT2D eigenvalue weighted by molar-refractivity contribution is 5.21. The maximum Gasteiger partial charge on any atom is 0.137 e. The van der Waals surface area contributed by atoms with E-state index in [2.05, 4.69) is 4.98 Å². The number of hydrogen-bond acceptors (Lipinski definition) is 5. The summed E-state index contributed by atoms with van der Waals surface area (Å²) in [4.78, 5) is 4.22. The third-order valence-electron chi connectivity index (χ3n) is 2.36. The van der Waals surface area contributed by atoms with Crippen LogP contribution >= 0.6 is 0 Å². The Labute approximate surface area is 108 Å². The molecule has 1 rings (SSSR count). The molecule has 0 radical (unpaired) electrons. The van der Waals surface area contributed by atoms with Gasteiger partial charge in [-0.15, -0.1) is 0 Å². The number of pyridine rings is 1. The zero-order valence-corrected chi connectivity index (χ0v) is 11.1. The summed E-state index contributed by atoms with van der Waals surface area (Å²) in [6, 6.07) is 3.72. The number of nitrogens with zero attached hydrogens (tertiary/aromatic N) is 1. The van der Waals surface area contributed by atoms with Crippen molar-refractivity contribution in [3.05, 3.63) is 24.0 Å². The minimum absolute atomic E-state index is 0.0479. The van der Waals surface area contributed by atoms with E-state index in [9.17, 15) is 0 Å². The summed E-state index contributed by atoms with van der Waals surface area (Å²) in [5.41, 5.74) is 6.58. The van der Waals surface area contributed by atoms with Crippen LogP contribution in [0.5, 0.6) is 5.75 Å². The average Bonchev–Trinajstić information content (AvgIpc) is 2.38. The molecule has 1 aromatic heterocycles. The normalized spacial score (nSPS) is 12.4. The number of rotatable bonds is 9. The molecule has 0 saturated carbocycles. The van der Waals surface area contributed by atoms with Crippen LogP contribution in [0, 0.1) is 0 Å². The predicted octanol–water partition coefficient (Wildman–Crippen LogP) is 1.53. The Balaban J connectivity index is 2.12. The quantitative estimate of drug-likeness (QED) is 0.677. The van der Waals surface area contributed by atoms with Crippen LogP contribution in [0.15, 0.2) is 18.3 Å². The van der Waals surface area contributed by atoms with Crippen LogP contribution in [0.25, 0.3) is 0 Å². The minimum atomic E-state index is -0.0479. The topological polar surface area (TPSA) is 66.6 Å². The van der Waals surface area contributed by atoms with Crippen molar-refractivity contribution in [1.29, 1.82) is 0 Å². The zero-order valence-electron chi connectivity index (χ0n) is 11.1. The first-order chi connectivity index (χ1) is 8.74. The highest BCUT2D eigenvalue weighted by Crippen LogP contribution is 2.12. The number of nitrogens with two attached hydrogens (primary N) is 1. The third-order valence-corrected chi connectivity index (χ3v) is 2.36. The standard InChI is InChI=1S/C13H22N2O3/c1-11(14)13-5-4-12(10-15-13)18-7-3-6-17-9-8-16-2/h4-5,10-11H,3,6-9,14H2,1-2H3/t11-/m1/s1. The van der Waals surface area contributed by atoms with Gasteiger partial charge in [-0.1, -0.05) is 0 Å². The van der Waals surface area contributed by atoms with Gasteiger partial charge in [-0.3, -0.25) is 4.98 Å². The van der Waals surface area contributed by atoms with Crippen molar-refractivity contribution in [3.63, 3.8) is 0 Å². The monoisotopic (exact) mass is 254 g/mol. The maximum absolute atomic E-state index is 5.71. The van der Waals surface area contributed by atoms with Gasteiger partial charge in [-0.2, -0.15) is 0 Å². The molecule has 0 aliphatic heterocycles. The second-order valence-corrected chi connectivity index (χ2v) is 4.01. The van der Waals surface area contributed by atoms with Crippen molar-refractivity contribution in [1.82, 2.24) is 4.98 Å². The Morgan fingerprint density at radius 2 is 2.06 bits per heavy atom. The molecule has 0 bridgehead atoms. The number of methoxy groups -OCH3 is 1. The van der Waals surface area contributed by atoms with Crippen LogP contribution in [0.1, 0.15) is 25.1 Å². The third kappa shape index (κ3) is 5.95. The van der Waals surface area contributed by atoms with Crippen LogP contribution in [0.4, 0.5) is 0 Å². The Morgan fingerprint density at radius 1 is 1.22 bits per heavy atom. The van der Waals surface area contributed by atoms with Gasteiger partial charge in [-0.25, -0.2) is 0 Å². The van der Waals surface area contributed by atoms with E-state index in [1.54, 1.807) is 13.3 Å². The van der Waals surface area contributed by atoms with Gasteiger partial charge in [0, 0.05) is 26.2 Å². The summed E-state index contributed by atoms with van der Waals surface area (Å²) < 4.78 is 15.7. The van der Waals surface area contributed by atoms with E-state index < -0.39 is 0 Å². The molecule has 5 nitrogen and oxygen atoms in total. The average molecular weight is 254 g/mol. The molecule has 0 fully saturated rings. The lowest BCUT2D eigenvalue weighted by Gasteiger charge is -2.08. The van der Waals surface area contributed by atoms with E-state index in [1.165, 1.54) is 0 Å². The van der Waals surface area contributed by atoms with E-state index in [0.29, 0.717) is 26.4 Å². The highest BCUT2D eigenvalue weighted by atomic mass is 16.5. The van der Waals surface area contributed by atoms with Gasteiger partial charge in [0.1, 0.15) is 5.75 Å². The summed E-state index contributed by atoms with van der Waals surface area (Å²) >= 11 is 0. The van der Waals surface area contributed by atoms with E-state index in [4.69, 9.17) is 19.9 Å². The van der Waals surface area contributed by atoms with Gasteiger partial charge in [0.25, 0.3) is 0 Å². The van der Waals surface area contributed by atoms with Gasteiger partial charge in [0.15, 0.2) is 0 Å². The molecule has 0 aliphatic carbocycles. The lowest BCUT2D eigenvalue weighted by atomic mass is 10.2. The van der Waals surface area contributed by atoms with E-state index in [0.717, 1.165) is 17.9 Å². The molecule has 1 heterocycles. The zero-order chi connectivity index (χ0) is 13.2. The van der Waals surface area contributed by atoms with Crippen LogP contribution in [0.3, 0.4) is 0 Å². The highest BCUT2D eigenvalue weighted by Gasteiger charge is 2.01. The molecule has 1 aromatic rings. The number of ether oxygens (including phenoxy) is 3. The fourth-order valence-corrected chi connectivity index (χ4v) is 1.34. The van der Waals surface area contributed by atoms with Crippen molar-refractivity contribution in [2.45, 2.75) is 19.4 Å². The summed E-state index contributed by atoms with van der Waals surface area (Å²) in [6.45, 7) is 4.45. The summed E-state index contributed by atoms with van der Waals surface area (Å²) in [6.07, 6.45) is 2.54. The first-order valence-electron chi connectivity index (χ1n) is 6.15. The summed E-state index contributed by atoms with van der Waals surface area (Å²) in [5, 5.41) is 0. The molecule has 0 aliphatic rings. The van der Waals surface area contributed by atoms with Gasteiger partial charge >= 0.3 is 0 Å². The van der Waals surface area contributed by atoms with Gasteiger partial charge in [0.05, 0.1) is 31.7 Å². The van der Waals surface area contributed by atoms with Crippen LogP contribution in [-0.2, 0) is 9.47 Å². The molecular weight excluding hydrogens is 232 g/mol. The molecule has 2 N–H and O–H groups in total. The molecule has 0 aromatic carbocycles. The molecule has 102 valence electrons. The van der Waals surface area contributed by atoms with Crippen LogP contribution in [-0.4, -0.2) is 38.5 Å². The van der Waals surface area contributed by atoms with Gasteiger partial charge in [-0.05, 0) is 19.1 Å². The van der Waals surface area contributed by atoms with Gasteiger partial charge in [0.2, 0.25) is 0 Å². The van der Waals surface area contributed by atoms with Crippen molar-refractivity contribution < 1.29 is 14.2 Å². The maximum atomic E-state index is 5.71. The summed E-state index contributed by atoms with van der Waals surface area (Å²) in [7, 11) is 1.66. The van der Waals surface area contributed by atoms with Gasteiger partial charge < -0.3 is 19.9 Å². The Kier molecular flexibility index (Phi) is 7.32. The second kappa shape index (κ2) is 8.85. The van der Waals surface area contributed by atoms with Crippen molar-refractivity contribution in [2.75, 3.05) is 33.5 Å². The second-order valence-electron chi connectivity index (χ2n) is 4.01. The molecule has 0 spiro atoms. The van der Waals surface area contributed by atoms with E-state index >= 15 is 0 Å². The minimum Gasteiger partial charge on any atom is -0.492 e. The first kappa shape index (κ1) is 14.9. The number of hydrogen-bond donors (Lipinski definition) is 1. The Morgan fingerprint density at radius 3 is 2.67 bits per heavy atom. The lowest BCUT2D eigenvalue weighted by Crippen LogP contribution is -2.08. The van der Waals surface area contributed by atoms with E-state index in [1.807, 2.05) is 19.1 Å². The largest absolute Gasteiger partial charge is 0.492 e. The van der Waals surface area contributed by atoms with Crippen molar-refractivity contribution >= 4 is 0 Å². The molecule has 1 atom stereocenters. The fourth-order valence-electron chi connectivity index (χ4n) is 1.34. The molecule has 0 saturated heterocycles. The van der Waals surface area contributed by atoms with E-state index in [-0.39, 0.29) is 6.04 Å². The molecule has 0 amide bonds. The Bertz CT molecular complexity index is 315. The van der Waals surface area contributed by atoms with Crippen molar-refractivity contribution in [2.24, 2.45) is 5.73 Å². The number of aromatic nitrogens is 1. The molecule has 18 heavy (non-hydrogen) atoms. The van der Waals surface area contributed by atoms with Crippen LogP contribution in [0.2, 0.25) is 0 Å². The SMILES string of the molecule is COCCOCCCOc1ccc([C@@H](C)N)nc1. The first-order valence-corrected chi connectivity index (χ1v) is 6.15.